The molecule has 0 fully saturated rings. The second kappa shape index (κ2) is 5.69. The molecule has 4 aromatic rings. The van der Waals surface area contributed by atoms with Crippen LogP contribution in [0.25, 0.3) is 16.7 Å². The van der Waals surface area contributed by atoms with Crippen LogP contribution in [0.5, 0.6) is 0 Å². The van der Waals surface area contributed by atoms with Crippen molar-refractivity contribution in [3.8, 4) is 0 Å². The number of hydrogen-bond donors (Lipinski definition) is 2. The minimum Gasteiger partial charge on any atom is -0.347 e. The third kappa shape index (κ3) is 2.73. The number of nitrogens with one attached hydrogen (secondary N) is 2. The normalized spacial score (nSPS) is 12.1. The Morgan fingerprint density at radius 1 is 1.19 bits per heavy atom. The molecular weight excluding hydrogens is 368 g/mol. The molecule has 0 spiro atoms. The highest BCUT2D eigenvalue weighted by Crippen LogP contribution is 2.19. The first-order chi connectivity index (χ1) is 12.3. The first kappa shape index (κ1) is 16.3. The minimum atomic E-state index is -3.63. The van der Waals surface area contributed by atoms with E-state index in [1.54, 1.807) is 0 Å². The van der Waals surface area contributed by atoms with Crippen LogP contribution in [-0.2, 0) is 16.4 Å². The van der Waals surface area contributed by atoms with Gasteiger partial charge in [0.05, 0.1) is 18.3 Å². The van der Waals surface area contributed by atoms with Crippen molar-refractivity contribution >= 4 is 32.5 Å². The second-order valence-electron chi connectivity index (χ2n) is 5.50. The van der Waals surface area contributed by atoms with Crippen LogP contribution in [0.1, 0.15) is 5.82 Å². The number of benzene rings is 1. The molecule has 0 atom stereocenters. The summed E-state index contributed by atoms with van der Waals surface area (Å²) in [6.07, 6.45) is 2.44. The molecule has 0 unspecified atom stereocenters. The quantitative estimate of drug-likeness (QED) is 0.549. The summed E-state index contributed by atoms with van der Waals surface area (Å²) in [6.45, 7) is 0.0465. The number of fused-ring (bicyclic) bond motifs is 2. The molecule has 12 heteroatoms. The highest BCUT2D eigenvalue weighted by atomic mass is 32.2. The number of nitrogens with zero attached hydrogens (tertiary/aromatic N) is 5. The Morgan fingerprint density at radius 2 is 2.00 bits per heavy atom. The van der Waals surface area contributed by atoms with Gasteiger partial charge in [-0.05, 0) is 12.1 Å². The van der Waals surface area contributed by atoms with Crippen molar-refractivity contribution in [2.45, 2.75) is 11.7 Å². The largest absolute Gasteiger partial charge is 0.347 e. The lowest BCUT2D eigenvalue weighted by Gasteiger charge is -2.07. The van der Waals surface area contributed by atoms with E-state index in [0.717, 1.165) is 12.3 Å². The van der Waals surface area contributed by atoms with E-state index < -0.39 is 21.5 Å². The van der Waals surface area contributed by atoms with Gasteiger partial charge in [0.1, 0.15) is 11.3 Å². The molecule has 0 saturated carbocycles. The highest BCUT2D eigenvalue weighted by molar-refractivity contribution is 7.90. The van der Waals surface area contributed by atoms with Crippen molar-refractivity contribution in [1.82, 2.24) is 29.5 Å². The zero-order valence-electron chi connectivity index (χ0n) is 13.2. The summed E-state index contributed by atoms with van der Waals surface area (Å²) < 4.78 is 51.8. The Morgan fingerprint density at radius 3 is 2.77 bits per heavy atom. The molecule has 0 aliphatic heterocycles. The predicted molar refractivity (Wildman–Crippen MR) is 87.2 cm³/mol. The fourth-order valence-corrected chi connectivity index (χ4v) is 2.91. The van der Waals surface area contributed by atoms with E-state index >= 15 is 0 Å². The summed E-state index contributed by atoms with van der Waals surface area (Å²) in [6, 6.07) is 3.91. The smallest absolute Gasteiger partial charge is 0.252 e. The molecule has 3 heterocycles. The molecule has 3 aromatic heterocycles. The van der Waals surface area contributed by atoms with Crippen LogP contribution in [0, 0.1) is 11.6 Å². The topological polar surface area (TPSA) is 118 Å². The SMILES string of the molecule is CS(=O)(=O)c1nc(NCc2nc3c(F)c(F)ccc3[nH]2)n2nccc2n1. The van der Waals surface area contributed by atoms with Crippen LogP contribution in [-0.4, -0.2) is 44.2 Å². The van der Waals surface area contributed by atoms with Crippen molar-refractivity contribution in [2.75, 3.05) is 11.6 Å². The second-order valence-corrected chi connectivity index (χ2v) is 7.41. The third-order valence-electron chi connectivity index (χ3n) is 3.58. The predicted octanol–water partition coefficient (Wildman–Crippen LogP) is 1.29. The van der Waals surface area contributed by atoms with Crippen LogP contribution >= 0.6 is 0 Å². The van der Waals surface area contributed by atoms with Gasteiger partial charge >= 0.3 is 0 Å². The molecule has 0 aliphatic carbocycles. The number of imidazole rings is 1. The van der Waals surface area contributed by atoms with E-state index in [0.29, 0.717) is 17.0 Å². The van der Waals surface area contributed by atoms with Gasteiger partial charge in [-0.2, -0.15) is 19.6 Å². The van der Waals surface area contributed by atoms with Crippen LogP contribution in [0.15, 0.2) is 29.6 Å². The van der Waals surface area contributed by atoms with Crippen molar-refractivity contribution in [2.24, 2.45) is 0 Å². The Bertz CT molecular complexity index is 1250. The van der Waals surface area contributed by atoms with Gasteiger partial charge in [-0.15, -0.1) is 0 Å². The summed E-state index contributed by atoms with van der Waals surface area (Å²) in [5.41, 5.74) is 0.510. The van der Waals surface area contributed by atoms with Crippen molar-refractivity contribution in [3.05, 3.63) is 41.9 Å². The lowest BCUT2D eigenvalue weighted by atomic mass is 10.3. The summed E-state index contributed by atoms with van der Waals surface area (Å²) in [5.74, 6) is -1.60. The summed E-state index contributed by atoms with van der Waals surface area (Å²) in [4.78, 5) is 14.7. The van der Waals surface area contributed by atoms with Crippen LogP contribution < -0.4 is 5.32 Å². The molecular formula is C14H11F2N7O2S. The monoisotopic (exact) mass is 379 g/mol. The van der Waals surface area contributed by atoms with Crippen LogP contribution in [0.3, 0.4) is 0 Å². The van der Waals surface area contributed by atoms with Gasteiger partial charge in [0.15, 0.2) is 17.3 Å². The fraction of sp³-hybridized carbons (Fsp3) is 0.143. The number of aromatic amines is 1. The Kier molecular flexibility index (Phi) is 3.57. The summed E-state index contributed by atoms with van der Waals surface area (Å²) >= 11 is 0. The lowest BCUT2D eigenvalue weighted by molar-refractivity contribution is 0.515. The number of hydrogen-bond acceptors (Lipinski definition) is 7. The van der Waals surface area contributed by atoms with E-state index in [2.05, 4.69) is 30.4 Å². The van der Waals surface area contributed by atoms with E-state index in [1.807, 2.05) is 0 Å². The van der Waals surface area contributed by atoms with Crippen LogP contribution in [0.2, 0.25) is 0 Å². The standard InChI is InChI=1S/C14H11F2N7O2S/c1-26(24,25)14-21-10-4-5-18-23(10)13(22-14)17-6-9-19-8-3-2-7(15)11(16)12(8)20-9/h2-5H,6H2,1H3,(H,19,20)(H,17,21,22). The average molecular weight is 379 g/mol. The molecule has 0 saturated heterocycles. The Balaban J connectivity index is 1.70. The Labute approximate surface area is 145 Å². The molecule has 0 amide bonds. The van der Waals surface area contributed by atoms with E-state index in [4.69, 9.17) is 0 Å². The zero-order valence-corrected chi connectivity index (χ0v) is 14.0. The number of halogens is 2. The van der Waals surface area contributed by atoms with Crippen molar-refractivity contribution in [1.29, 1.82) is 0 Å². The molecule has 134 valence electrons. The zero-order chi connectivity index (χ0) is 18.5. The first-order valence-corrected chi connectivity index (χ1v) is 9.20. The van der Waals surface area contributed by atoms with Gasteiger partial charge in [0, 0.05) is 12.3 Å². The van der Waals surface area contributed by atoms with Crippen molar-refractivity contribution < 1.29 is 17.2 Å². The first-order valence-electron chi connectivity index (χ1n) is 7.31. The molecule has 0 aliphatic rings. The third-order valence-corrected chi connectivity index (χ3v) is 4.42. The molecule has 4 rings (SSSR count). The minimum absolute atomic E-state index is 0.0465. The van der Waals surface area contributed by atoms with Crippen molar-refractivity contribution in [3.63, 3.8) is 0 Å². The Hall–Kier alpha value is -3.15. The molecule has 9 nitrogen and oxygen atoms in total. The van der Waals surface area contributed by atoms with E-state index in [9.17, 15) is 17.2 Å². The lowest BCUT2D eigenvalue weighted by Crippen LogP contribution is -2.13. The molecule has 26 heavy (non-hydrogen) atoms. The molecule has 2 N–H and O–H groups in total. The maximum atomic E-state index is 13.7. The molecule has 1 aromatic carbocycles. The number of anilines is 1. The number of rotatable bonds is 4. The summed E-state index contributed by atoms with van der Waals surface area (Å²) in [5, 5.41) is 6.53. The summed E-state index contributed by atoms with van der Waals surface area (Å²) in [7, 11) is -3.63. The van der Waals surface area contributed by atoms with Gasteiger partial charge in [-0.1, -0.05) is 0 Å². The maximum Gasteiger partial charge on any atom is 0.252 e. The van der Waals surface area contributed by atoms with Gasteiger partial charge in [-0.3, -0.25) is 0 Å². The maximum absolute atomic E-state index is 13.7. The van der Waals surface area contributed by atoms with E-state index in [-0.39, 0.29) is 23.2 Å². The fourth-order valence-electron chi connectivity index (χ4n) is 2.40. The average Bonchev–Trinajstić information content (AvgIpc) is 3.22. The van der Waals surface area contributed by atoms with Gasteiger partial charge in [0.25, 0.3) is 5.16 Å². The van der Waals surface area contributed by atoms with Gasteiger partial charge in [0.2, 0.25) is 15.8 Å². The number of H-pyrrole nitrogens is 1. The number of aromatic nitrogens is 6. The van der Waals surface area contributed by atoms with Crippen LogP contribution in [0.4, 0.5) is 14.7 Å². The highest BCUT2D eigenvalue weighted by Gasteiger charge is 2.17. The molecule has 0 bridgehead atoms. The van der Waals surface area contributed by atoms with Gasteiger partial charge in [-0.25, -0.2) is 22.2 Å². The number of sulfone groups is 1. The van der Waals surface area contributed by atoms with Gasteiger partial charge < -0.3 is 10.3 Å². The molecule has 0 radical (unpaired) electrons. The van der Waals surface area contributed by atoms with E-state index in [1.165, 1.54) is 22.8 Å².